The standard InChI is InChI=1S/C14H20N4O2/c1-18(2)14(20)9-5-6-10(15)12(8-9)17-11-4-3-7-16-13(11)19/h5-6,8,11,17H,3-4,7,15H2,1-2H3,(H,16,19). The van der Waals surface area contributed by atoms with Crippen LogP contribution in [0.25, 0.3) is 0 Å². The predicted octanol–water partition coefficient (Wildman–Crippen LogP) is 0.661. The van der Waals surface area contributed by atoms with E-state index in [0.717, 1.165) is 12.8 Å². The number of hydrogen-bond donors (Lipinski definition) is 3. The summed E-state index contributed by atoms with van der Waals surface area (Å²) < 4.78 is 0. The van der Waals surface area contributed by atoms with Gasteiger partial charge in [-0.2, -0.15) is 0 Å². The molecule has 0 spiro atoms. The second-order valence-corrected chi connectivity index (χ2v) is 5.13. The van der Waals surface area contributed by atoms with Crippen molar-refractivity contribution < 1.29 is 9.59 Å². The fourth-order valence-electron chi connectivity index (χ4n) is 2.17. The molecule has 0 aromatic heterocycles. The molecular formula is C14H20N4O2. The molecule has 0 saturated carbocycles. The van der Waals surface area contributed by atoms with Crippen LogP contribution >= 0.6 is 0 Å². The number of amides is 2. The Labute approximate surface area is 118 Å². The Balaban J connectivity index is 2.20. The molecule has 108 valence electrons. The van der Waals surface area contributed by atoms with E-state index >= 15 is 0 Å². The third kappa shape index (κ3) is 3.01. The van der Waals surface area contributed by atoms with Gasteiger partial charge in [0.2, 0.25) is 5.91 Å². The Morgan fingerprint density at radius 2 is 2.20 bits per heavy atom. The molecule has 2 rings (SSSR count). The van der Waals surface area contributed by atoms with E-state index in [1.54, 1.807) is 32.3 Å². The van der Waals surface area contributed by atoms with Gasteiger partial charge < -0.3 is 21.3 Å². The van der Waals surface area contributed by atoms with Crippen LogP contribution in [0.1, 0.15) is 23.2 Å². The van der Waals surface area contributed by atoms with Gasteiger partial charge in [-0.05, 0) is 31.0 Å². The topological polar surface area (TPSA) is 87.5 Å². The summed E-state index contributed by atoms with van der Waals surface area (Å²) in [7, 11) is 3.39. The zero-order valence-electron chi connectivity index (χ0n) is 11.8. The smallest absolute Gasteiger partial charge is 0.253 e. The molecule has 1 heterocycles. The quantitative estimate of drug-likeness (QED) is 0.708. The summed E-state index contributed by atoms with van der Waals surface area (Å²) in [5.74, 6) is -0.124. The van der Waals surface area contributed by atoms with E-state index in [1.807, 2.05) is 0 Å². The lowest BCUT2D eigenvalue weighted by Crippen LogP contribution is -2.44. The molecule has 1 aromatic carbocycles. The van der Waals surface area contributed by atoms with Crippen LogP contribution in [0.4, 0.5) is 11.4 Å². The summed E-state index contributed by atoms with van der Waals surface area (Å²) >= 11 is 0. The number of nitrogen functional groups attached to an aromatic ring is 1. The van der Waals surface area contributed by atoms with Crippen molar-refractivity contribution >= 4 is 23.2 Å². The molecule has 1 fully saturated rings. The minimum absolute atomic E-state index is 0.0278. The number of anilines is 2. The molecule has 20 heavy (non-hydrogen) atoms. The molecule has 2 amide bonds. The highest BCUT2D eigenvalue weighted by atomic mass is 16.2. The van der Waals surface area contributed by atoms with Crippen LogP contribution in [-0.2, 0) is 4.79 Å². The van der Waals surface area contributed by atoms with Gasteiger partial charge in [0.05, 0.1) is 11.4 Å². The molecule has 1 unspecified atom stereocenters. The lowest BCUT2D eigenvalue weighted by Gasteiger charge is -2.24. The number of piperidine rings is 1. The lowest BCUT2D eigenvalue weighted by atomic mass is 10.1. The highest BCUT2D eigenvalue weighted by molar-refractivity contribution is 5.96. The van der Waals surface area contributed by atoms with Gasteiger partial charge in [-0.1, -0.05) is 0 Å². The highest BCUT2D eigenvalue weighted by Gasteiger charge is 2.22. The Hall–Kier alpha value is -2.24. The zero-order chi connectivity index (χ0) is 14.7. The number of rotatable bonds is 3. The van der Waals surface area contributed by atoms with Gasteiger partial charge in [0.25, 0.3) is 5.91 Å². The summed E-state index contributed by atoms with van der Waals surface area (Å²) in [6.45, 7) is 0.714. The molecule has 1 aliphatic heterocycles. The molecule has 0 radical (unpaired) electrons. The summed E-state index contributed by atoms with van der Waals surface area (Å²) in [6.07, 6.45) is 1.69. The van der Waals surface area contributed by atoms with Crippen molar-refractivity contribution in [1.82, 2.24) is 10.2 Å². The van der Waals surface area contributed by atoms with Crippen molar-refractivity contribution in [2.45, 2.75) is 18.9 Å². The first-order valence-corrected chi connectivity index (χ1v) is 6.64. The number of carbonyl (C=O) groups is 2. The maximum Gasteiger partial charge on any atom is 0.253 e. The van der Waals surface area contributed by atoms with E-state index in [9.17, 15) is 9.59 Å². The first-order chi connectivity index (χ1) is 9.49. The number of nitrogens with one attached hydrogen (secondary N) is 2. The van der Waals surface area contributed by atoms with Crippen molar-refractivity contribution in [2.24, 2.45) is 0 Å². The van der Waals surface area contributed by atoms with Crippen LogP contribution in [0.15, 0.2) is 18.2 Å². The molecule has 1 saturated heterocycles. The van der Waals surface area contributed by atoms with Crippen LogP contribution in [0, 0.1) is 0 Å². The lowest BCUT2D eigenvalue weighted by molar-refractivity contribution is -0.123. The summed E-state index contributed by atoms with van der Waals surface area (Å²) in [5.41, 5.74) is 7.60. The average Bonchev–Trinajstić information content (AvgIpc) is 2.42. The molecular weight excluding hydrogens is 256 g/mol. The summed E-state index contributed by atoms with van der Waals surface area (Å²) in [5, 5.41) is 5.94. The molecule has 4 N–H and O–H groups in total. The predicted molar refractivity (Wildman–Crippen MR) is 78.5 cm³/mol. The third-order valence-electron chi connectivity index (χ3n) is 3.32. The first-order valence-electron chi connectivity index (χ1n) is 6.64. The van der Waals surface area contributed by atoms with Crippen molar-refractivity contribution in [3.05, 3.63) is 23.8 Å². The molecule has 1 aromatic rings. The molecule has 0 bridgehead atoms. The maximum atomic E-state index is 11.9. The monoisotopic (exact) mass is 276 g/mol. The van der Waals surface area contributed by atoms with E-state index < -0.39 is 0 Å². The Bertz CT molecular complexity index is 528. The fraction of sp³-hybridized carbons (Fsp3) is 0.429. The van der Waals surface area contributed by atoms with Gasteiger partial charge in [0, 0.05) is 26.2 Å². The minimum atomic E-state index is -0.296. The van der Waals surface area contributed by atoms with Crippen molar-refractivity contribution in [1.29, 1.82) is 0 Å². The van der Waals surface area contributed by atoms with Crippen molar-refractivity contribution in [3.63, 3.8) is 0 Å². The summed E-state index contributed by atoms with van der Waals surface area (Å²) in [4.78, 5) is 25.2. The van der Waals surface area contributed by atoms with E-state index in [1.165, 1.54) is 4.90 Å². The van der Waals surface area contributed by atoms with Gasteiger partial charge in [-0.25, -0.2) is 0 Å². The van der Waals surface area contributed by atoms with Gasteiger partial charge in [-0.15, -0.1) is 0 Å². The normalized spacial score (nSPS) is 18.3. The number of nitrogens with two attached hydrogens (primary N) is 1. The van der Waals surface area contributed by atoms with E-state index in [0.29, 0.717) is 23.5 Å². The van der Waals surface area contributed by atoms with Crippen LogP contribution in [0.5, 0.6) is 0 Å². The highest BCUT2D eigenvalue weighted by Crippen LogP contribution is 2.23. The fourth-order valence-corrected chi connectivity index (χ4v) is 2.17. The summed E-state index contributed by atoms with van der Waals surface area (Å²) in [6, 6.07) is 4.76. The second-order valence-electron chi connectivity index (χ2n) is 5.13. The van der Waals surface area contributed by atoms with Gasteiger partial charge in [-0.3, -0.25) is 9.59 Å². The van der Waals surface area contributed by atoms with Crippen LogP contribution < -0.4 is 16.4 Å². The number of hydrogen-bond acceptors (Lipinski definition) is 4. The van der Waals surface area contributed by atoms with Gasteiger partial charge >= 0.3 is 0 Å². The second kappa shape index (κ2) is 5.81. The van der Waals surface area contributed by atoms with E-state index in [-0.39, 0.29) is 17.9 Å². The third-order valence-corrected chi connectivity index (χ3v) is 3.32. The number of benzene rings is 1. The van der Waals surface area contributed by atoms with E-state index in [4.69, 9.17) is 5.73 Å². The minimum Gasteiger partial charge on any atom is -0.397 e. The molecule has 1 aliphatic rings. The molecule has 0 aliphatic carbocycles. The first kappa shape index (κ1) is 14.2. The Morgan fingerprint density at radius 3 is 2.85 bits per heavy atom. The largest absolute Gasteiger partial charge is 0.397 e. The molecule has 6 nitrogen and oxygen atoms in total. The number of nitrogens with zero attached hydrogens (tertiary/aromatic N) is 1. The van der Waals surface area contributed by atoms with Crippen molar-refractivity contribution in [3.8, 4) is 0 Å². The van der Waals surface area contributed by atoms with E-state index in [2.05, 4.69) is 10.6 Å². The molecule has 1 atom stereocenters. The van der Waals surface area contributed by atoms with Crippen LogP contribution in [-0.4, -0.2) is 43.4 Å². The van der Waals surface area contributed by atoms with Crippen LogP contribution in [0.2, 0.25) is 0 Å². The Morgan fingerprint density at radius 1 is 1.45 bits per heavy atom. The Kier molecular flexibility index (Phi) is 4.12. The van der Waals surface area contributed by atoms with Crippen molar-refractivity contribution in [2.75, 3.05) is 31.7 Å². The van der Waals surface area contributed by atoms with Crippen LogP contribution in [0.3, 0.4) is 0 Å². The number of carbonyl (C=O) groups excluding carboxylic acids is 2. The van der Waals surface area contributed by atoms with Gasteiger partial charge in [0.1, 0.15) is 6.04 Å². The van der Waals surface area contributed by atoms with Gasteiger partial charge in [0.15, 0.2) is 0 Å². The maximum absolute atomic E-state index is 11.9. The molecule has 6 heteroatoms. The average molecular weight is 276 g/mol. The zero-order valence-corrected chi connectivity index (χ0v) is 11.8. The SMILES string of the molecule is CN(C)C(=O)c1ccc(N)c(NC2CCCNC2=O)c1.